The molecule has 1 atom stereocenters. The van der Waals surface area contributed by atoms with Crippen molar-refractivity contribution in [3.8, 4) is 11.5 Å². The standard InChI is InChI=1S/C13H19N5/c1-8(2)10-4-5-11-12(14-7-18(11)6-10)13-15-9(3)16-17-13/h7-8,10H,4-6H2,1-3H3,(H,15,16,17). The summed E-state index contributed by atoms with van der Waals surface area (Å²) < 4.78 is 2.27. The molecule has 1 N–H and O–H groups in total. The number of aryl methyl sites for hydroxylation is 1. The molecule has 0 saturated carbocycles. The highest BCUT2D eigenvalue weighted by atomic mass is 15.2. The second kappa shape index (κ2) is 4.23. The predicted octanol–water partition coefficient (Wildman–Crippen LogP) is 2.20. The zero-order valence-corrected chi connectivity index (χ0v) is 11.1. The molecule has 0 fully saturated rings. The maximum Gasteiger partial charge on any atom is 0.201 e. The normalized spacial score (nSPS) is 19.2. The Labute approximate surface area is 107 Å². The molecule has 0 amide bonds. The van der Waals surface area contributed by atoms with Gasteiger partial charge in [0.05, 0.1) is 6.33 Å². The molecule has 96 valence electrons. The second-order valence-corrected chi connectivity index (χ2v) is 5.48. The topological polar surface area (TPSA) is 59.4 Å². The van der Waals surface area contributed by atoms with Crippen LogP contribution in [0, 0.1) is 18.8 Å². The molecule has 5 heteroatoms. The van der Waals surface area contributed by atoms with Gasteiger partial charge in [-0.1, -0.05) is 13.8 Å². The van der Waals surface area contributed by atoms with Crippen molar-refractivity contribution in [2.24, 2.45) is 11.8 Å². The molecule has 0 aromatic carbocycles. The van der Waals surface area contributed by atoms with E-state index in [1.165, 1.54) is 12.1 Å². The average Bonchev–Trinajstić information content (AvgIpc) is 2.93. The minimum Gasteiger partial charge on any atom is -0.334 e. The fourth-order valence-electron chi connectivity index (χ4n) is 2.67. The lowest BCUT2D eigenvalue weighted by atomic mass is 9.87. The van der Waals surface area contributed by atoms with Crippen LogP contribution >= 0.6 is 0 Å². The first-order chi connectivity index (χ1) is 8.65. The van der Waals surface area contributed by atoms with E-state index in [2.05, 4.69) is 38.6 Å². The van der Waals surface area contributed by atoms with E-state index in [0.29, 0.717) is 0 Å². The first kappa shape index (κ1) is 11.4. The highest BCUT2D eigenvalue weighted by molar-refractivity contribution is 5.52. The minimum atomic E-state index is 0.726. The fraction of sp³-hybridized carbons (Fsp3) is 0.615. The molecule has 0 bridgehead atoms. The van der Waals surface area contributed by atoms with Gasteiger partial charge in [-0.05, 0) is 31.6 Å². The van der Waals surface area contributed by atoms with Crippen LogP contribution in [-0.2, 0) is 13.0 Å². The van der Waals surface area contributed by atoms with Gasteiger partial charge in [-0.3, -0.25) is 5.10 Å². The smallest absolute Gasteiger partial charge is 0.201 e. The molecule has 3 rings (SSSR count). The summed E-state index contributed by atoms with van der Waals surface area (Å²) in [5.74, 6) is 3.05. The van der Waals surface area contributed by atoms with Crippen LogP contribution in [0.2, 0.25) is 0 Å². The second-order valence-electron chi connectivity index (χ2n) is 5.48. The van der Waals surface area contributed by atoms with Gasteiger partial charge in [-0.15, -0.1) is 0 Å². The molecule has 0 aliphatic carbocycles. The van der Waals surface area contributed by atoms with Gasteiger partial charge in [0, 0.05) is 12.2 Å². The Morgan fingerprint density at radius 1 is 1.44 bits per heavy atom. The number of aromatic amines is 1. The molecule has 3 heterocycles. The molecule has 0 spiro atoms. The van der Waals surface area contributed by atoms with E-state index in [1.807, 2.05) is 13.3 Å². The summed E-state index contributed by atoms with van der Waals surface area (Å²) in [6.45, 7) is 7.58. The maximum absolute atomic E-state index is 4.49. The number of rotatable bonds is 2. The number of nitrogens with zero attached hydrogens (tertiary/aromatic N) is 4. The van der Waals surface area contributed by atoms with Crippen molar-refractivity contribution in [1.29, 1.82) is 0 Å². The van der Waals surface area contributed by atoms with Crippen LogP contribution in [0.15, 0.2) is 6.33 Å². The Kier molecular flexibility index (Phi) is 2.69. The Morgan fingerprint density at radius 2 is 2.28 bits per heavy atom. The third-order valence-corrected chi connectivity index (χ3v) is 3.88. The van der Waals surface area contributed by atoms with Gasteiger partial charge in [-0.2, -0.15) is 5.10 Å². The Hall–Kier alpha value is -1.65. The zero-order valence-electron chi connectivity index (χ0n) is 11.1. The number of hydrogen-bond donors (Lipinski definition) is 1. The average molecular weight is 245 g/mol. The fourth-order valence-corrected chi connectivity index (χ4v) is 2.67. The molecule has 2 aromatic heterocycles. The lowest BCUT2D eigenvalue weighted by Gasteiger charge is -2.27. The zero-order chi connectivity index (χ0) is 12.7. The minimum absolute atomic E-state index is 0.726. The molecule has 18 heavy (non-hydrogen) atoms. The van der Waals surface area contributed by atoms with E-state index in [9.17, 15) is 0 Å². The molecular weight excluding hydrogens is 226 g/mol. The molecule has 0 saturated heterocycles. The highest BCUT2D eigenvalue weighted by Crippen LogP contribution is 2.30. The molecule has 2 aromatic rings. The number of imidazole rings is 1. The van der Waals surface area contributed by atoms with Gasteiger partial charge in [0.15, 0.2) is 0 Å². The lowest BCUT2D eigenvalue weighted by molar-refractivity contribution is 0.285. The van der Waals surface area contributed by atoms with Crippen LogP contribution in [0.1, 0.15) is 31.8 Å². The largest absolute Gasteiger partial charge is 0.334 e. The summed E-state index contributed by atoms with van der Waals surface area (Å²) in [4.78, 5) is 8.87. The number of H-pyrrole nitrogens is 1. The molecular formula is C13H19N5. The summed E-state index contributed by atoms with van der Waals surface area (Å²) in [5, 5.41) is 7.09. The van der Waals surface area contributed by atoms with Crippen molar-refractivity contribution in [2.45, 2.75) is 40.2 Å². The van der Waals surface area contributed by atoms with Crippen molar-refractivity contribution >= 4 is 0 Å². The van der Waals surface area contributed by atoms with Crippen LogP contribution < -0.4 is 0 Å². The number of hydrogen-bond acceptors (Lipinski definition) is 3. The van der Waals surface area contributed by atoms with Crippen molar-refractivity contribution in [3.63, 3.8) is 0 Å². The lowest BCUT2D eigenvalue weighted by Crippen LogP contribution is -2.23. The van der Waals surface area contributed by atoms with Gasteiger partial charge in [0.25, 0.3) is 0 Å². The first-order valence-electron chi connectivity index (χ1n) is 6.58. The van der Waals surface area contributed by atoms with E-state index in [0.717, 1.165) is 42.1 Å². The molecule has 0 radical (unpaired) electrons. The third kappa shape index (κ3) is 1.83. The Bertz CT molecular complexity index is 551. The summed E-state index contributed by atoms with van der Waals surface area (Å²) >= 11 is 0. The van der Waals surface area contributed by atoms with Crippen LogP contribution in [-0.4, -0.2) is 24.7 Å². The van der Waals surface area contributed by atoms with E-state index >= 15 is 0 Å². The number of fused-ring (bicyclic) bond motifs is 1. The third-order valence-electron chi connectivity index (χ3n) is 3.88. The summed E-state index contributed by atoms with van der Waals surface area (Å²) in [5.41, 5.74) is 2.23. The summed E-state index contributed by atoms with van der Waals surface area (Å²) in [6, 6.07) is 0. The van der Waals surface area contributed by atoms with E-state index in [1.54, 1.807) is 0 Å². The Morgan fingerprint density at radius 3 is 2.94 bits per heavy atom. The molecule has 5 nitrogen and oxygen atoms in total. The quantitative estimate of drug-likeness (QED) is 0.882. The van der Waals surface area contributed by atoms with Crippen LogP contribution in [0.5, 0.6) is 0 Å². The SMILES string of the molecule is Cc1nc(-c2ncn3c2CCC(C(C)C)C3)n[nH]1. The van der Waals surface area contributed by atoms with Gasteiger partial charge in [0.2, 0.25) is 5.82 Å². The summed E-state index contributed by atoms with van der Waals surface area (Å²) in [7, 11) is 0. The van der Waals surface area contributed by atoms with Gasteiger partial charge >= 0.3 is 0 Å². The van der Waals surface area contributed by atoms with E-state index < -0.39 is 0 Å². The van der Waals surface area contributed by atoms with Crippen molar-refractivity contribution in [2.75, 3.05) is 0 Å². The van der Waals surface area contributed by atoms with Crippen molar-refractivity contribution < 1.29 is 0 Å². The van der Waals surface area contributed by atoms with E-state index in [4.69, 9.17) is 0 Å². The van der Waals surface area contributed by atoms with Gasteiger partial charge in [-0.25, -0.2) is 9.97 Å². The van der Waals surface area contributed by atoms with E-state index in [-0.39, 0.29) is 0 Å². The molecule has 1 aliphatic rings. The Balaban J connectivity index is 1.93. The van der Waals surface area contributed by atoms with Gasteiger partial charge < -0.3 is 4.57 Å². The summed E-state index contributed by atoms with van der Waals surface area (Å²) in [6.07, 6.45) is 4.25. The molecule has 1 aliphatic heterocycles. The first-order valence-corrected chi connectivity index (χ1v) is 6.58. The van der Waals surface area contributed by atoms with Gasteiger partial charge in [0.1, 0.15) is 11.5 Å². The van der Waals surface area contributed by atoms with Crippen molar-refractivity contribution in [1.82, 2.24) is 24.7 Å². The maximum atomic E-state index is 4.49. The van der Waals surface area contributed by atoms with Crippen molar-refractivity contribution in [3.05, 3.63) is 17.8 Å². The van der Waals surface area contributed by atoms with Crippen LogP contribution in [0.3, 0.4) is 0 Å². The number of nitrogens with one attached hydrogen (secondary N) is 1. The monoisotopic (exact) mass is 245 g/mol. The molecule has 1 unspecified atom stereocenters. The van der Waals surface area contributed by atoms with Crippen LogP contribution in [0.25, 0.3) is 11.5 Å². The van der Waals surface area contributed by atoms with Crippen LogP contribution in [0.4, 0.5) is 0 Å². The predicted molar refractivity (Wildman–Crippen MR) is 69.0 cm³/mol. The number of aromatic nitrogens is 5. The highest BCUT2D eigenvalue weighted by Gasteiger charge is 2.25.